The van der Waals surface area contributed by atoms with Gasteiger partial charge in [-0.05, 0) is 55.2 Å². The summed E-state index contributed by atoms with van der Waals surface area (Å²) in [6, 6.07) is 9.93. The number of hydrogen-bond acceptors (Lipinski definition) is 2. The molecule has 1 nitrogen and oxygen atoms in total. The van der Waals surface area contributed by atoms with Gasteiger partial charge in [-0.1, -0.05) is 6.07 Å². The second-order valence-electron chi connectivity index (χ2n) is 4.87. The Bertz CT molecular complexity index is 557. The maximum atomic E-state index is 13.4. The molecule has 0 radical (unpaired) electrons. The van der Waals surface area contributed by atoms with E-state index in [1.807, 2.05) is 6.07 Å². The summed E-state index contributed by atoms with van der Waals surface area (Å²) in [6.45, 7) is 2.91. The van der Waals surface area contributed by atoms with E-state index in [-0.39, 0.29) is 5.82 Å². The molecule has 3 rings (SSSR count). The molecule has 94 valence electrons. The molecule has 3 heteroatoms. The molecule has 1 N–H and O–H groups in total. The fraction of sp³-hybridized carbons (Fsp3) is 0.333. The number of nitrogens with one attached hydrogen (secondary N) is 1. The Morgan fingerprint density at radius 2 is 2.11 bits per heavy atom. The monoisotopic (exact) mass is 261 g/mol. The van der Waals surface area contributed by atoms with Gasteiger partial charge in [-0.15, -0.1) is 11.3 Å². The van der Waals surface area contributed by atoms with Crippen LogP contribution in [0.25, 0.3) is 10.4 Å². The Hall–Kier alpha value is -1.19. The van der Waals surface area contributed by atoms with Gasteiger partial charge in [-0.3, -0.25) is 0 Å². The fourth-order valence-corrected chi connectivity index (χ4v) is 2.97. The molecule has 0 saturated heterocycles. The lowest BCUT2D eigenvalue weighted by atomic mass is 10.1. The van der Waals surface area contributed by atoms with Gasteiger partial charge >= 0.3 is 0 Å². The Labute approximate surface area is 111 Å². The molecule has 0 spiro atoms. The number of aryl methyl sites for hydroxylation is 1. The average molecular weight is 261 g/mol. The molecule has 1 aliphatic carbocycles. The lowest BCUT2D eigenvalue weighted by Crippen LogP contribution is -2.15. The highest BCUT2D eigenvalue weighted by atomic mass is 32.1. The van der Waals surface area contributed by atoms with E-state index in [0.717, 1.165) is 17.0 Å². The van der Waals surface area contributed by atoms with Crippen molar-refractivity contribution in [2.75, 3.05) is 0 Å². The van der Waals surface area contributed by atoms with Crippen molar-refractivity contribution in [3.05, 3.63) is 46.6 Å². The molecule has 0 aliphatic heterocycles. The highest BCUT2D eigenvalue weighted by molar-refractivity contribution is 7.15. The second kappa shape index (κ2) is 4.82. The summed E-state index contributed by atoms with van der Waals surface area (Å²) < 4.78 is 13.4. The normalized spacial score (nSPS) is 15.0. The van der Waals surface area contributed by atoms with Gasteiger partial charge in [0, 0.05) is 22.3 Å². The average Bonchev–Trinajstić information content (AvgIpc) is 3.09. The summed E-state index contributed by atoms with van der Waals surface area (Å²) >= 11 is 1.72. The van der Waals surface area contributed by atoms with Crippen LogP contribution in [-0.2, 0) is 6.54 Å². The molecule has 0 bridgehead atoms. The lowest BCUT2D eigenvalue weighted by molar-refractivity contribution is 0.625. The van der Waals surface area contributed by atoms with Gasteiger partial charge in [0.05, 0.1) is 0 Å². The third-order valence-corrected chi connectivity index (χ3v) is 4.27. The Morgan fingerprint density at radius 1 is 1.28 bits per heavy atom. The van der Waals surface area contributed by atoms with Crippen molar-refractivity contribution in [1.29, 1.82) is 0 Å². The van der Waals surface area contributed by atoms with Crippen LogP contribution in [0.4, 0.5) is 4.39 Å². The van der Waals surface area contributed by atoms with E-state index in [1.165, 1.54) is 23.3 Å². The minimum Gasteiger partial charge on any atom is -0.310 e. The van der Waals surface area contributed by atoms with Crippen molar-refractivity contribution in [3.63, 3.8) is 0 Å². The van der Waals surface area contributed by atoms with Crippen molar-refractivity contribution < 1.29 is 4.39 Å². The predicted molar refractivity (Wildman–Crippen MR) is 74.3 cm³/mol. The van der Waals surface area contributed by atoms with E-state index in [9.17, 15) is 4.39 Å². The third-order valence-electron chi connectivity index (χ3n) is 3.24. The molecule has 0 atom stereocenters. The van der Waals surface area contributed by atoms with Crippen molar-refractivity contribution in [1.82, 2.24) is 5.32 Å². The van der Waals surface area contributed by atoms with Crippen LogP contribution in [0.3, 0.4) is 0 Å². The molecule has 0 amide bonds. The SMILES string of the molecule is Cc1ccc(-c2cc(F)ccc2CNC2CC2)s1. The van der Waals surface area contributed by atoms with Gasteiger partial charge in [0.2, 0.25) is 0 Å². The van der Waals surface area contributed by atoms with Crippen LogP contribution < -0.4 is 5.32 Å². The first-order valence-electron chi connectivity index (χ1n) is 6.31. The molecule has 1 aromatic carbocycles. The van der Waals surface area contributed by atoms with Crippen LogP contribution in [0.2, 0.25) is 0 Å². The van der Waals surface area contributed by atoms with Gasteiger partial charge in [0.1, 0.15) is 5.82 Å². The van der Waals surface area contributed by atoms with Crippen molar-refractivity contribution >= 4 is 11.3 Å². The van der Waals surface area contributed by atoms with E-state index < -0.39 is 0 Å². The first-order chi connectivity index (χ1) is 8.72. The Morgan fingerprint density at radius 3 is 2.78 bits per heavy atom. The molecule has 0 unspecified atom stereocenters. The molecule has 2 aromatic rings. The van der Waals surface area contributed by atoms with E-state index in [1.54, 1.807) is 23.5 Å². The molecule has 1 heterocycles. The minimum atomic E-state index is -0.161. The largest absolute Gasteiger partial charge is 0.310 e. The van der Waals surface area contributed by atoms with Crippen LogP contribution in [0.5, 0.6) is 0 Å². The van der Waals surface area contributed by atoms with Crippen LogP contribution in [0.15, 0.2) is 30.3 Å². The van der Waals surface area contributed by atoms with Gasteiger partial charge in [0.15, 0.2) is 0 Å². The highest BCUT2D eigenvalue weighted by Gasteiger charge is 2.20. The Balaban J connectivity index is 1.91. The molecule has 1 aliphatic rings. The summed E-state index contributed by atoms with van der Waals surface area (Å²) in [5, 5.41) is 3.49. The van der Waals surface area contributed by atoms with Crippen LogP contribution in [-0.4, -0.2) is 6.04 Å². The molecule has 1 fully saturated rings. The quantitative estimate of drug-likeness (QED) is 0.873. The standard InChI is InChI=1S/C15H16FNS/c1-10-2-7-15(18-10)14-8-12(16)4-3-11(14)9-17-13-5-6-13/h2-4,7-8,13,17H,5-6,9H2,1H3. The van der Waals surface area contributed by atoms with Crippen LogP contribution in [0, 0.1) is 12.7 Å². The van der Waals surface area contributed by atoms with Crippen molar-refractivity contribution in [2.24, 2.45) is 0 Å². The zero-order valence-electron chi connectivity index (χ0n) is 10.4. The third kappa shape index (κ3) is 2.62. The number of thiophene rings is 1. The maximum absolute atomic E-state index is 13.4. The molecule has 1 aromatic heterocycles. The predicted octanol–water partition coefficient (Wildman–Crippen LogP) is 4.11. The Kier molecular flexibility index (Phi) is 3.18. The topological polar surface area (TPSA) is 12.0 Å². The summed E-state index contributed by atoms with van der Waals surface area (Å²) in [5.41, 5.74) is 2.21. The summed E-state index contributed by atoms with van der Waals surface area (Å²) in [6.07, 6.45) is 2.54. The van der Waals surface area contributed by atoms with Crippen LogP contribution in [0.1, 0.15) is 23.3 Å². The maximum Gasteiger partial charge on any atom is 0.123 e. The minimum absolute atomic E-state index is 0.161. The first-order valence-corrected chi connectivity index (χ1v) is 7.12. The fourth-order valence-electron chi connectivity index (χ4n) is 2.05. The van der Waals surface area contributed by atoms with Gasteiger partial charge in [0.25, 0.3) is 0 Å². The van der Waals surface area contributed by atoms with Gasteiger partial charge in [-0.25, -0.2) is 4.39 Å². The molecule has 1 saturated carbocycles. The number of halogens is 1. The van der Waals surface area contributed by atoms with E-state index in [4.69, 9.17) is 0 Å². The second-order valence-corrected chi connectivity index (χ2v) is 6.15. The van der Waals surface area contributed by atoms with Crippen LogP contribution >= 0.6 is 11.3 Å². The number of benzene rings is 1. The first kappa shape index (κ1) is 11.9. The number of hydrogen-bond donors (Lipinski definition) is 1. The molecular weight excluding hydrogens is 245 g/mol. The summed E-state index contributed by atoms with van der Waals surface area (Å²) in [7, 11) is 0. The van der Waals surface area contributed by atoms with Gasteiger partial charge < -0.3 is 5.32 Å². The van der Waals surface area contributed by atoms with E-state index >= 15 is 0 Å². The van der Waals surface area contributed by atoms with Gasteiger partial charge in [-0.2, -0.15) is 0 Å². The summed E-state index contributed by atoms with van der Waals surface area (Å²) in [5.74, 6) is -0.161. The highest BCUT2D eigenvalue weighted by Crippen LogP contribution is 2.31. The summed E-state index contributed by atoms with van der Waals surface area (Å²) in [4.78, 5) is 2.41. The molecule has 18 heavy (non-hydrogen) atoms. The molecular formula is C15H16FNS. The number of rotatable bonds is 4. The zero-order chi connectivity index (χ0) is 12.5. The van der Waals surface area contributed by atoms with Crippen molar-refractivity contribution in [3.8, 4) is 10.4 Å². The zero-order valence-corrected chi connectivity index (χ0v) is 11.2. The van der Waals surface area contributed by atoms with Crippen molar-refractivity contribution in [2.45, 2.75) is 32.4 Å². The van der Waals surface area contributed by atoms with E-state index in [0.29, 0.717) is 6.04 Å². The van der Waals surface area contributed by atoms with E-state index in [2.05, 4.69) is 24.4 Å². The lowest BCUT2D eigenvalue weighted by Gasteiger charge is -2.09. The smallest absolute Gasteiger partial charge is 0.123 e.